The van der Waals surface area contributed by atoms with Gasteiger partial charge in [0, 0.05) is 17.8 Å². The van der Waals surface area contributed by atoms with Crippen molar-refractivity contribution in [2.45, 2.75) is 56.7 Å². The van der Waals surface area contributed by atoms with Crippen LogP contribution < -0.4 is 5.32 Å². The molecule has 0 aromatic carbocycles. The summed E-state index contributed by atoms with van der Waals surface area (Å²) < 4.78 is 0. The van der Waals surface area contributed by atoms with Gasteiger partial charge in [0.25, 0.3) is 0 Å². The van der Waals surface area contributed by atoms with Crippen molar-refractivity contribution in [2.75, 3.05) is 11.5 Å². The highest BCUT2D eigenvalue weighted by Crippen LogP contribution is 2.30. The van der Waals surface area contributed by atoms with Gasteiger partial charge in [0.2, 0.25) is 0 Å². The van der Waals surface area contributed by atoms with Gasteiger partial charge in [-0.1, -0.05) is 0 Å². The topological polar surface area (TPSA) is 32.3 Å². The third kappa shape index (κ3) is 2.44. The number of hydrogen-bond acceptors (Lipinski definition) is 3. The van der Waals surface area contributed by atoms with Crippen LogP contribution >= 0.6 is 11.8 Å². The molecule has 2 fully saturated rings. The van der Waals surface area contributed by atoms with Crippen molar-refractivity contribution >= 4 is 11.8 Å². The molecule has 2 aliphatic rings. The molecular formula is C11H21NOS. The fraction of sp³-hybridized carbons (Fsp3) is 1.00. The number of thioether (sulfide) groups is 1. The van der Waals surface area contributed by atoms with Crippen molar-refractivity contribution < 1.29 is 5.11 Å². The monoisotopic (exact) mass is 215 g/mol. The molecule has 1 saturated heterocycles. The maximum absolute atomic E-state index is 10.1. The lowest BCUT2D eigenvalue weighted by molar-refractivity contribution is 0.0356. The molecule has 3 atom stereocenters. The van der Waals surface area contributed by atoms with Crippen LogP contribution in [0.25, 0.3) is 0 Å². The van der Waals surface area contributed by atoms with E-state index >= 15 is 0 Å². The van der Waals surface area contributed by atoms with Crippen molar-refractivity contribution in [3.05, 3.63) is 0 Å². The second-order valence-electron chi connectivity index (χ2n) is 4.88. The van der Waals surface area contributed by atoms with Crippen molar-refractivity contribution in [1.82, 2.24) is 5.32 Å². The molecule has 82 valence electrons. The van der Waals surface area contributed by atoms with Crippen LogP contribution in [0.2, 0.25) is 0 Å². The number of aliphatic hydroxyl groups is 1. The summed E-state index contributed by atoms with van der Waals surface area (Å²) >= 11 is 2.04. The smallest absolute Gasteiger partial charge is 0.0772 e. The molecule has 0 bridgehead atoms. The van der Waals surface area contributed by atoms with Gasteiger partial charge in [0.15, 0.2) is 0 Å². The third-order valence-corrected chi connectivity index (χ3v) is 4.74. The minimum absolute atomic E-state index is 0.339. The fourth-order valence-corrected chi connectivity index (χ4v) is 3.65. The quantitative estimate of drug-likeness (QED) is 0.736. The Morgan fingerprint density at radius 2 is 2.21 bits per heavy atom. The minimum atomic E-state index is -0.456. The van der Waals surface area contributed by atoms with Crippen LogP contribution in [0.5, 0.6) is 0 Å². The van der Waals surface area contributed by atoms with Crippen molar-refractivity contribution in [3.63, 3.8) is 0 Å². The predicted molar refractivity (Wildman–Crippen MR) is 61.7 cm³/mol. The highest BCUT2D eigenvalue weighted by atomic mass is 32.2. The zero-order valence-corrected chi connectivity index (χ0v) is 9.78. The summed E-state index contributed by atoms with van der Waals surface area (Å²) in [5.74, 6) is 2.55. The first-order valence-corrected chi connectivity index (χ1v) is 6.90. The van der Waals surface area contributed by atoms with Crippen LogP contribution in [0.15, 0.2) is 0 Å². The average Bonchev–Trinajstić information content (AvgIpc) is 2.48. The first-order valence-electron chi connectivity index (χ1n) is 5.75. The summed E-state index contributed by atoms with van der Waals surface area (Å²) in [5.41, 5.74) is -0.456. The Bertz CT molecular complexity index is 190. The standard InChI is InChI=1S/C11H21NOS/c1-11(13)6-2-5-10(11)12-9-4-3-7-14-8-9/h9-10,12-13H,2-8H2,1H3. The van der Waals surface area contributed by atoms with E-state index in [9.17, 15) is 5.11 Å². The van der Waals surface area contributed by atoms with E-state index in [1.54, 1.807) is 0 Å². The van der Waals surface area contributed by atoms with Gasteiger partial charge in [-0.15, -0.1) is 0 Å². The Labute approximate surface area is 90.8 Å². The lowest BCUT2D eigenvalue weighted by Crippen LogP contribution is -2.50. The zero-order chi connectivity index (χ0) is 10.0. The molecule has 1 aliphatic carbocycles. The summed E-state index contributed by atoms with van der Waals surface area (Å²) in [6.45, 7) is 1.98. The Morgan fingerprint density at radius 1 is 1.36 bits per heavy atom. The summed E-state index contributed by atoms with van der Waals surface area (Å²) in [5, 5.41) is 13.8. The van der Waals surface area contributed by atoms with Gasteiger partial charge in [-0.05, 0) is 44.8 Å². The highest BCUT2D eigenvalue weighted by Gasteiger charge is 2.37. The molecule has 2 rings (SSSR count). The van der Waals surface area contributed by atoms with Gasteiger partial charge in [0.1, 0.15) is 0 Å². The summed E-state index contributed by atoms with van der Waals surface area (Å²) in [4.78, 5) is 0. The van der Waals surface area contributed by atoms with E-state index in [1.807, 2.05) is 18.7 Å². The second-order valence-corrected chi connectivity index (χ2v) is 6.03. The maximum Gasteiger partial charge on any atom is 0.0772 e. The molecule has 1 saturated carbocycles. The van der Waals surface area contributed by atoms with E-state index in [2.05, 4.69) is 5.32 Å². The lowest BCUT2D eigenvalue weighted by atomic mass is 9.99. The molecule has 0 spiro atoms. The second kappa shape index (κ2) is 4.42. The zero-order valence-electron chi connectivity index (χ0n) is 8.96. The Hall–Kier alpha value is 0.270. The van der Waals surface area contributed by atoms with Crippen LogP contribution in [0.3, 0.4) is 0 Å². The van der Waals surface area contributed by atoms with Crippen molar-refractivity contribution in [3.8, 4) is 0 Å². The van der Waals surface area contributed by atoms with Gasteiger partial charge in [0.05, 0.1) is 5.60 Å². The number of rotatable bonds is 2. The molecule has 14 heavy (non-hydrogen) atoms. The van der Waals surface area contributed by atoms with E-state index in [0.717, 1.165) is 12.8 Å². The van der Waals surface area contributed by atoms with Crippen molar-refractivity contribution in [1.29, 1.82) is 0 Å². The molecule has 1 heterocycles. The van der Waals surface area contributed by atoms with Gasteiger partial charge >= 0.3 is 0 Å². The number of hydrogen-bond donors (Lipinski definition) is 2. The van der Waals surface area contributed by atoms with E-state index in [1.165, 1.54) is 30.8 Å². The van der Waals surface area contributed by atoms with E-state index in [4.69, 9.17) is 0 Å². The van der Waals surface area contributed by atoms with Gasteiger partial charge in [-0.2, -0.15) is 11.8 Å². The molecule has 0 aromatic rings. The van der Waals surface area contributed by atoms with Crippen LogP contribution in [0.1, 0.15) is 39.0 Å². The lowest BCUT2D eigenvalue weighted by Gasteiger charge is -2.32. The maximum atomic E-state index is 10.1. The fourth-order valence-electron chi connectivity index (χ4n) is 2.57. The molecule has 2 nitrogen and oxygen atoms in total. The summed E-state index contributed by atoms with van der Waals surface area (Å²) in [7, 11) is 0. The molecule has 3 unspecified atom stereocenters. The Morgan fingerprint density at radius 3 is 2.79 bits per heavy atom. The highest BCUT2D eigenvalue weighted by molar-refractivity contribution is 7.99. The summed E-state index contributed by atoms with van der Waals surface area (Å²) in [6, 6.07) is 0.981. The Kier molecular flexibility index (Phi) is 3.40. The van der Waals surface area contributed by atoms with Crippen LogP contribution in [-0.4, -0.2) is 34.3 Å². The van der Waals surface area contributed by atoms with Gasteiger partial charge in [-0.3, -0.25) is 0 Å². The molecule has 0 amide bonds. The minimum Gasteiger partial charge on any atom is -0.389 e. The summed E-state index contributed by atoms with van der Waals surface area (Å²) in [6.07, 6.45) is 5.90. The van der Waals surface area contributed by atoms with Gasteiger partial charge in [-0.25, -0.2) is 0 Å². The SMILES string of the molecule is CC1(O)CCCC1NC1CCCSC1. The molecular weight excluding hydrogens is 194 g/mol. The van der Waals surface area contributed by atoms with Gasteiger partial charge < -0.3 is 10.4 Å². The molecule has 0 radical (unpaired) electrons. The normalized spacial score (nSPS) is 44.1. The largest absolute Gasteiger partial charge is 0.389 e. The van der Waals surface area contributed by atoms with Crippen LogP contribution in [0.4, 0.5) is 0 Å². The predicted octanol–water partition coefficient (Wildman–Crippen LogP) is 1.78. The van der Waals surface area contributed by atoms with Crippen LogP contribution in [-0.2, 0) is 0 Å². The van der Waals surface area contributed by atoms with Crippen LogP contribution in [0, 0.1) is 0 Å². The van der Waals surface area contributed by atoms with E-state index < -0.39 is 5.60 Å². The Balaban J connectivity index is 1.83. The van der Waals surface area contributed by atoms with Crippen molar-refractivity contribution in [2.24, 2.45) is 0 Å². The number of nitrogens with one attached hydrogen (secondary N) is 1. The van der Waals surface area contributed by atoms with E-state index in [-0.39, 0.29) is 0 Å². The first-order chi connectivity index (χ1) is 6.68. The van der Waals surface area contributed by atoms with E-state index in [0.29, 0.717) is 12.1 Å². The molecule has 2 N–H and O–H groups in total. The molecule has 0 aromatic heterocycles. The first kappa shape index (κ1) is 10.8. The molecule has 1 aliphatic heterocycles. The molecule has 3 heteroatoms. The third-order valence-electron chi connectivity index (χ3n) is 3.52. The average molecular weight is 215 g/mol.